The number of aromatic nitrogens is 4. The second kappa shape index (κ2) is 9.77. The van der Waals surface area contributed by atoms with Crippen LogP contribution in [0.3, 0.4) is 0 Å². The maximum Gasteiger partial charge on any atom is 0.613 e. The van der Waals surface area contributed by atoms with Gasteiger partial charge in [-0.05, 0) is 32.3 Å². The molecule has 5 N–H and O–H groups in total. The van der Waals surface area contributed by atoms with E-state index in [1.807, 2.05) is 0 Å². The number of nitrogens with zero attached hydrogens (tertiary/aromatic N) is 4. The molecule has 1 aliphatic rings. The molecule has 0 aromatic carbocycles. The van der Waals surface area contributed by atoms with E-state index in [2.05, 4.69) is 25.4 Å². The van der Waals surface area contributed by atoms with Gasteiger partial charge in [0.25, 0.3) is 0 Å². The van der Waals surface area contributed by atoms with Crippen molar-refractivity contribution in [2.75, 3.05) is 24.6 Å². The highest BCUT2D eigenvalue weighted by molar-refractivity contribution is 7.36. The molecule has 0 bridgehead atoms. The predicted octanol–water partition coefficient (Wildman–Crippen LogP) is 1.04. The number of nitrogen functional groups attached to an aromatic ring is 1. The van der Waals surface area contributed by atoms with Gasteiger partial charge in [0.15, 0.2) is 28.9 Å². The molecule has 0 amide bonds. The number of aliphatic hydroxyl groups is 1. The Balaban J connectivity index is 1.75. The molecule has 2 aromatic rings. The normalized spacial score (nSPS) is 28.3. The Morgan fingerprint density at radius 2 is 2.24 bits per heavy atom. The topological polar surface area (TPSA) is 176 Å². The minimum Gasteiger partial charge on any atom is -0.462 e. The minimum atomic E-state index is -2.61. The quantitative estimate of drug-likeness (QED) is 0.290. The second-order valence-electron chi connectivity index (χ2n) is 7.89. The first-order valence-corrected chi connectivity index (χ1v) is 11.2. The number of hydrogen-bond acceptors (Lipinski definition) is 11. The van der Waals surface area contributed by atoms with Gasteiger partial charge in [-0.1, -0.05) is 5.09 Å². The van der Waals surface area contributed by atoms with Crippen molar-refractivity contribution in [1.29, 1.82) is 0 Å². The highest BCUT2D eigenvalue weighted by Gasteiger charge is 2.56. The fourth-order valence-corrected chi connectivity index (χ4v) is 4.04. The lowest BCUT2D eigenvalue weighted by molar-refractivity contribution is -0.149. The van der Waals surface area contributed by atoms with Gasteiger partial charge in [-0.3, -0.25) is 9.36 Å². The molecule has 1 unspecified atom stereocenters. The smallest absolute Gasteiger partial charge is 0.462 e. The first-order valence-electron chi connectivity index (χ1n) is 11.5. The summed E-state index contributed by atoms with van der Waals surface area (Å²) in [5, 5.41) is 15.2. The maximum absolute atomic E-state index is 15.6. The van der Waals surface area contributed by atoms with Crippen molar-refractivity contribution in [3.63, 3.8) is 0 Å². The number of halogens is 1. The summed E-state index contributed by atoms with van der Waals surface area (Å²) in [6, 6.07) is -0.940. The third-order valence-electron chi connectivity index (χ3n) is 4.89. The monoisotopic (exact) mass is 491 g/mol. The summed E-state index contributed by atoms with van der Waals surface area (Å²) < 4.78 is 67.0. The number of nitrogens with one attached hydrogen (secondary N) is 2. The Morgan fingerprint density at radius 3 is 2.91 bits per heavy atom. The lowest BCUT2D eigenvalue weighted by atomic mass is 9.98. The van der Waals surface area contributed by atoms with E-state index in [1.54, 1.807) is 13.8 Å². The highest BCUT2D eigenvalue weighted by atomic mass is 31.1. The lowest BCUT2D eigenvalue weighted by Gasteiger charge is -2.24. The number of esters is 1. The SMILES string of the molecule is [2H]C([2H])([2H])Nc1nc(N)nc2c1ncn2[C@@H]1O[C@H](CO[P+](=O)N[C@H](C)C(=O)OC(C)C)[C@@H](O)[C@@]1(C)F. The van der Waals surface area contributed by atoms with Crippen LogP contribution in [-0.4, -0.2) is 74.2 Å². The number of ether oxygens (including phenoxy) is 2. The van der Waals surface area contributed by atoms with E-state index in [0.29, 0.717) is 0 Å². The molecule has 33 heavy (non-hydrogen) atoms. The molecular formula is C18H28FN7O6P+. The number of anilines is 2. The summed E-state index contributed by atoms with van der Waals surface area (Å²) in [4.78, 5) is 23.8. The highest BCUT2D eigenvalue weighted by Crippen LogP contribution is 2.43. The van der Waals surface area contributed by atoms with Crippen LogP contribution in [0.25, 0.3) is 11.2 Å². The predicted molar refractivity (Wildman–Crippen MR) is 116 cm³/mol. The third-order valence-corrected chi connectivity index (χ3v) is 5.87. The molecule has 182 valence electrons. The zero-order chi connectivity index (χ0) is 27.0. The van der Waals surface area contributed by atoms with Crippen LogP contribution >= 0.6 is 8.18 Å². The van der Waals surface area contributed by atoms with Crippen molar-refractivity contribution >= 4 is 37.1 Å². The summed E-state index contributed by atoms with van der Waals surface area (Å²) in [6.45, 7) is 2.76. The van der Waals surface area contributed by atoms with Crippen LogP contribution in [0.1, 0.15) is 38.0 Å². The van der Waals surface area contributed by atoms with Crippen LogP contribution in [0.5, 0.6) is 0 Å². The number of alkyl halides is 1. The molecule has 1 fully saturated rings. The standard InChI is InChI=1S/C18H28FN7O6P/c1-8(2)31-15(28)9(3)25-33(29)30-6-10-12(27)18(4,19)16(32-10)26-7-22-11-13(21-5)23-17(20)24-14(11)26/h7-10,12,16,27H,6H2,1-5H3,(H,25,29)(H3,20,21,23,24)/q+1/t9-,10-,12-,16-,18-/m1/s1/i5D3. The molecule has 3 heterocycles. The van der Waals surface area contributed by atoms with Gasteiger partial charge in [0.05, 0.1) is 12.4 Å². The molecule has 2 aromatic heterocycles. The lowest BCUT2D eigenvalue weighted by Crippen LogP contribution is -2.40. The van der Waals surface area contributed by atoms with E-state index >= 15 is 4.39 Å². The zero-order valence-corrected chi connectivity index (χ0v) is 19.2. The van der Waals surface area contributed by atoms with E-state index in [1.165, 1.54) is 6.92 Å². The zero-order valence-electron chi connectivity index (χ0n) is 21.4. The number of rotatable bonds is 9. The van der Waals surface area contributed by atoms with Crippen molar-refractivity contribution < 1.29 is 37.0 Å². The molecule has 1 saturated heterocycles. The molecule has 0 radical (unpaired) electrons. The van der Waals surface area contributed by atoms with E-state index < -0.39 is 57.9 Å². The summed E-state index contributed by atoms with van der Waals surface area (Å²) in [5.74, 6) is -1.13. The van der Waals surface area contributed by atoms with Crippen molar-refractivity contribution in [2.45, 2.75) is 63.9 Å². The Bertz CT molecular complexity index is 1130. The molecule has 0 saturated carbocycles. The Hall–Kier alpha value is -2.51. The summed E-state index contributed by atoms with van der Waals surface area (Å²) in [5.41, 5.74) is 3.25. The average Bonchev–Trinajstić information content (AvgIpc) is 3.23. The molecule has 6 atom stereocenters. The van der Waals surface area contributed by atoms with Gasteiger partial charge >= 0.3 is 14.1 Å². The second-order valence-corrected chi connectivity index (χ2v) is 8.92. The molecular weight excluding hydrogens is 460 g/mol. The molecule has 0 aliphatic carbocycles. The molecule has 15 heteroatoms. The first kappa shape index (κ1) is 21.1. The Labute approximate surface area is 194 Å². The van der Waals surface area contributed by atoms with E-state index in [4.69, 9.17) is 23.8 Å². The molecule has 1 aliphatic heterocycles. The van der Waals surface area contributed by atoms with Crippen molar-refractivity contribution in [3.8, 4) is 0 Å². The van der Waals surface area contributed by atoms with Gasteiger partial charge in [-0.2, -0.15) is 9.97 Å². The largest absolute Gasteiger partial charge is 0.613 e. The fourth-order valence-electron chi connectivity index (χ4n) is 3.27. The van der Waals surface area contributed by atoms with Gasteiger partial charge in [-0.25, -0.2) is 9.37 Å². The summed E-state index contributed by atoms with van der Waals surface area (Å²) in [6.07, 6.45) is -3.67. The molecule has 3 rings (SSSR count). The van der Waals surface area contributed by atoms with Gasteiger partial charge in [0.1, 0.15) is 24.9 Å². The van der Waals surface area contributed by atoms with Gasteiger partial charge in [-0.15, -0.1) is 4.52 Å². The summed E-state index contributed by atoms with van der Waals surface area (Å²) in [7, 11) is -2.59. The van der Waals surface area contributed by atoms with Gasteiger partial charge in [0, 0.05) is 11.1 Å². The van der Waals surface area contributed by atoms with Gasteiger partial charge < -0.3 is 25.6 Å². The van der Waals surface area contributed by atoms with Gasteiger partial charge in [0.2, 0.25) is 5.95 Å². The van der Waals surface area contributed by atoms with Crippen LogP contribution in [0, 0.1) is 0 Å². The van der Waals surface area contributed by atoms with E-state index in [9.17, 15) is 14.5 Å². The molecule has 0 spiro atoms. The average molecular weight is 491 g/mol. The van der Waals surface area contributed by atoms with Crippen LogP contribution in [0.15, 0.2) is 6.33 Å². The van der Waals surface area contributed by atoms with Crippen LogP contribution < -0.4 is 16.1 Å². The van der Waals surface area contributed by atoms with Crippen molar-refractivity contribution in [2.24, 2.45) is 0 Å². The number of carbonyl (C=O) groups excluding carboxylic acids is 1. The minimum absolute atomic E-state index is 0.0107. The van der Waals surface area contributed by atoms with E-state index in [0.717, 1.165) is 17.8 Å². The molecule has 13 nitrogen and oxygen atoms in total. The number of hydrogen-bond donors (Lipinski definition) is 4. The summed E-state index contributed by atoms with van der Waals surface area (Å²) >= 11 is 0. The Morgan fingerprint density at radius 1 is 1.52 bits per heavy atom. The maximum atomic E-state index is 15.6. The van der Waals surface area contributed by atoms with Crippen LogP contribution in [0.2, 0.25) is 0 Å². The van der Waals surface area contributed by atoms with Crippen molar-refractivity contribution in [3.05, 3.63) is 6.33 Å². The Kier molecular flexibility index (Phi) is 6.23. The number of fused-ring (bicyclic) bond motifs is 1. The number of nitrogens with two attached hydrogens (primary N) is 1. The number of imidazole rings is 1. The van der Waals surface area contributed by atoms with Crippen LogP contribution in [-0.2, 0) is 23.4 Å². The van der Waals surface area contributed by atoms with Crippen LogP contribution in [0.4, 0.5) is 16.2 Å². The fraction of sp³-hybridized carbons (Fsp3) is 0.667. The van der Waals surface area contributed by atoms with Crippen molar-refractivity contribution in [1.82, 2.24) is 24.6 Å². The third kappa shape index (κ3) is 5.20. The number of aliphatic hydroxyl groups excluding tert-OH is 1. The first-order chi connectivity index (χ1) is 16.6. The number of carbonyl (C=O) groups is 1. The van der Waals surface area contributed by atoms with E-state index in [-0.39, 0.29) is 29.0 Å².